The third-order valence-corrected chi connectivity index (χ3v) is 4.39. The van der Waals surface area contributed by atoms with E-state index in [0.717, 1.165) is 12.1 Å². The van der Waals surface area contributed by atoms with Crippen LogP contribution in [0.25, 0.3) is 0 Å². The molecule has 0 bridgehead atoms. The summed E-state index contributed by atoms with van der Waals surface area (Å²) in [6.45, 7) is 1.51. The van der Waals surface area contributed by atoms with Gasteiger partial charge >= 0.3 is 0 Å². The van der Waals surface area contributed by atoms with E-state index in [-0.39, 0.29) is 16.1 Å². The first kappa shape index (κ1) is 15.0. The predicted octanol–water partition coefficient (Wildman–Crippen LogP) is 2.03. The topological polar surface area (TPSA) is 89.3 Å². The molecule has 0 aliphatic carbocycles. The molecule has 1 amide bonds. The highest BCUT2D eigenvalue weighted by atomic mass is 32.2. The SMILES string of the molecule is Cc1cc(F)ccc1S(=O)(=O)Nc1ccc(C(N)=O)cc1. The van der Waals surface area contributed by atoms with Gasteiger partial charge in [0.25, 0.3) is 10.0 Å². The highest BCUT2D eigenvalue weighted by Gasteiger charge is 2.17. The van der Waals surface area contributed by atoms with Crippen molar-refractivity contribution in [3.8, 4) is 0 Å². The molecule has 0 atom stereocenters. The van der Waals surface area contributed by atoms with Crippen LogP contribution < -0.4 is 10.5 Å². The van der Waals surface area contributed by atoms with E-state index in [1.807, 2.05) is 0 Å². The maximum Gasteiger partial charge on any atom is 0.262 e. The molecule has 0 unspecified atom stereocenters. The van der Waals surface area contributed by atoms with Gasteiger partial charge in [-0.15, -0.1) is 0 Å². The molecule has 0 aromatic heterocycles. The third kappa shape index (κ3) is 3.38. The van der Waals surface area contributed by atoms with E-state index >= 15 is 0 Å². The third-order valence-electron chi connectivity index (χ3n) is 2.85. The van der Waals surface area contributed by atoms with Crippen molar-refractivity contribution in [1.82, 2.24) is 0 Å². The van der Waals surface area contributed by atoms with Crippen LogP contribution in [0, 0.1) is 12.7 Å². The van der Waals surface area contributed by atoms with E-state index in [4.69, 9.17) is 5.73 Å². The Kier molecular flexibility index (Phi) is 3.95. The first-order valence-electron chi connectivity index (χ1n) is 5.98. The fourth-order valence-electron chi connectivity index (χ4n) is 1.83. The summed E-state index contributed by atoms with van der Waals surface area (Å²) in [5, 5.41) is 0. The van der Waals surface area contributed by atoms with Gasteiger partial charge in [0.2, 0.25) is 5.91 Å². The Morgan fingerprint density at radius 2 is 1.76 bits per heavy atom. The van der Waals surface area contributed by atoms with Gasteiger partial charge in [-0.2, -0.15) is 0 Å². The minimum Gasteiger partial charge on any atom is -0.366 e. The van der Waals surface area contributed by atoms with Gasteiger partial charge < -0.3 is 5.73 Å². The molecule has 0 saturated heterocycles. The van der Waals surface area contributed by atoms with Gasteiger partial charge in [0.05, 0.1) is 4.90 Å². The number of carbonyl (C=O) groups is 1. The molecule has 3 N–H and O–H groups in total. The lowest BCUT2D eigenvalue weighted by atomic mass is 10.2. The average molecular weight is 308 g/mol. The summed E-state index contributed by atoms with van der Waals surface area (Å²) in [7, 11) is -3.83. The van der Waals surface area contributed by atoms with E-state index < -0.39 is 21.7 Å². The van der Waals surface area contributed by atoms with Crippen LogP contribution in [0.4, 0.5) is 10.1 Å². The number of nitrogens with two attached hydrogens (primary N) is 1. The van der Waals surface area contributed by atoms with Crippen molar-refractivity contribution in [2.75, 3.05) is 4.72 Å². The van der Waals surface area contributed by atoms with Crippen LogP contribution in [0.15, 0.2) is 47.4 Å². The van der Waals surface area contributed by atoms with Crippen LogP contribution in [0.2, 0.25) is 0 Å². The molecular weight excluding hydrogens is 295 g/mol. The second-order valence-electron chi connectivity index (χ2n) is 4.46. The number of amides is 1. The Morgan fingerprint density at radius 3 is 2.29 bits per heavy atom. The molecule has 21 heavy (non-hydrogen) atoms. The van der Waals surface area contributed by atoms with E-state index in [0.29, 0.717) is 5.56 Å². The van der Waals surface area contributed by atoms with Crippen molar-refractivity contribution in [3.63, 3.8) is 0 Å². The number of hydrogen-bond acceptors (Lipinski definition) is 3. The van der Waals surface area contributed by atoms with E-state index in [2.05, 4.69) is 4.72 Å². The maximum atomic E-state index is 13.0. The number of aryl methyl sites for hydroxylation is 1. The molecule has 2 rings (SSSR count). The van der Waals surface area contributed by atoms with E-state index in [9.17, 15) is 17.6 Å². The first-order chi connectivity index (χ1) is 9.79. The number of benzene rings is 2. The molecule has 0 aliphatic rings. The largest absolute Gasteiger partial charge is 0.366 e. The number of primary amides is 1. The summed E-state index contributed by atoms with van der Waals surface area (Å²) in [4.78, 5) is 10.9. The molecule has 7 heteroatoms. The monoisotopic (exact) mass is 308 g/mol. The minimum absolute atomic E-state index is 0.0112. The van der Waals surface area contributed by atoms with Crippen molar-refractivity contribution in [1.29, 1.82) is 0 Å². The second-order valence-corrected chi connectivity index (χ2v) is 6.11. The van der Waals surface area contributed by atoms with Crippen molar-refractivity contribution >= 4 is 21.6 Å². The zero-order valence-electron chi connectivity index (χ0n) is 11.1. The molecule has 0 saturated carbocycles. The molecule has 0 spiro atoms. The van der Waals surface area contributed by atoms with Gasteiger partial charge in [0.15, 0.2) is 0 Å². The van der Waals surface area contributed by atoms with Crippen molar-refractivity contribution < 1.29 is 17.6 Å². The van der Waals surface area contributed by atoms with Gasteiger partial charge in [-0.25, -0.2) is 12.8 Å². The highest BCUT2D eigenvalue weighted by molar-refractivity contribution is 7.92. The number of sulfonamides is 1. The lowest BCUT2D eigenvalue weighted by Gasteiger charge is -2.10. The fourth-order valence-corrected chi connectivity index (χ4v) is 3.11. The number of nitrogens with one attached hydrogen (secondary N) is 1. The molecule has 110 valence electrons. The molecule has 2 aromatic carbocycles. The Balaban J connectivity index is 2.30. The summed E-state index contributed by atoms with van der Waals surface area (Å²) in [5.41, 5.74) is 5.96. The highest BCUT2D eigenvalue weighted by Crippen LogP contribution is 2.20. The second kappa shape index (κ2) is 5.53. The maximum absolute atomic E-state index is 13.0. The minimum atomic E-state index is -3.83. The molecule has 0 aliphatic heterocycles. The van der Waals surface area contributed by atoms with Crippen LogP contribution in [0.1, 0.15) is 15.9 Å². The quantitative estimate of drug-likeness (QED) is 0.905. The first-order valence-corrected chi connectivity index (χ1v) is 7.47. The van der Waals surface area contributed by atoms with Gasteiger partial charge in [-0.05, 0) is 55.0 Å². The zero-order valence-corrected chi connectivity index (χ0v) is 11.9. The van der Waals surface area contributed by atoms with Gasteiger partial charge in [-0.1, -0.05) is 0 Å². The molecule has 0 heterocycles. The molecule has 0 fully saturated rings. The van der Waals surface area contributed by atoms with E-state index in [1.54, 1.807) is 0 Å². The van der Waals surface area contributed by atoms with Crippen LogP contribution in [0.5, 0.6) is 0 Å². The predicted molar refractivity (Wildman–Crippen MR) is 76.9 cm³/mol. The Morgan fingerprint density at radius 1 is 1.14 bits per heavy atom. The van der Waals surface area contributed by atoms with Crippen LogP contribution in [-0.2, 0) is 10.0 Å². The molecular formula is C14H13FN2O3S. The normalized spacial score (nSPS) is 11.1. The summed E-state index contributed by atoms with van der Waals surface area (Å²) in [5.74, 6) is -1.10. The van der Waals surface area contributed by atoms with Gasteiger partial charge in [-0.3, -0.25) is 9.52 Å². The Bertz CT molecular complexity index is 786. The lowest BCUT2D eigenvalue weighted by molar-refractivity contribution is 0.100. The van der Waals surface area contributed by atoms with Gasteiger partial charge in [0, 0.05) is 11.3 Å². The van der Waals surface area contributed by atoms with Crippen molar-refractivity contribution in [2.45, 2.75) is 11.8 Å². The van der Waals surface area contributed by atoms with Gasteiger partial charge in [0.1, 0.15) is 5.82 Å². The molecule has 5 nitrogen and oxygen atoms in total. The summed E-state index contributed by atoms with van der Waals surface area (Å²) >= 11 is 0. The summed E-state index contributed by atoms with van der Waals surface area (Å²) in [6, 6.07) is 9.11. The summed E-state index contributed by atoms with van der Waals surface area (Å²) in [6.07, 6.45) is 0. The Labute approximate surface area is 121 Å². The van der Waals surface area contributed by atoms with Crippen molar-refractivity contribution in [3.05, 3.63) is 59.4 Å². The van der Waals surface area contributed by atoms with Crippen LogP contribution >= 0.6 is 0 Å². The lowest BCUT2D eigenvalue weighted by Crippen LogP contribution is -2.15. The van der Waals surface area contributed by atoms with E-state index in [1.165, 1.54) is 37.3 Å². The number of anilines is 1. The molecule has 2 aromatic rings. The smallest absolute Gasteiger partial charge is 0.262 e. The number of halogens is 1. The Hall–Kier alpha value is -2.41. The standard InChI is InChI=1S/C14H13FN2O3S/c1-9-8-11(15)4-7-13(9)21(19,20)17-12-5-2-10(3-6-12)14(16)18/h2-8,17H,1H3,(H2,16,18). The number of hydrogen-bond donors (Lipinski definition) is 2. The number of carbonyl (C=O) groups excluding carboxylic acids is 1. The number of rotatable bonds is 4. The van der Waals surface area contributed by atoms with Crippen LogP contribution in [-0.4, -0.2) is 14.3 Å². The average Bonchev–Trinajstić information content (AvgIpc) is 2.38. The van der Waals surface area contributed by atoms with Crippen LogP contribution in [0.3, 0.4) is 0 Å². The molecule has 0 radical (unpaired) electrons. The fraction of sp³-hybridized carbons (Fsp3) is 0.0714. The van der Waals surface area contributed by atoms with Crippen molar-refractivity contribution in [2.24, 2.45) is 5.73 Å². The zero-order chi connectivity index (χ0) is 15.6. The summed E-state index contributed by atoms with van der Waals surface area (Å²) < 4.78 is 39.8.